The van der Waals surface area contributed by atoms with Crippen molar-refractivity contribution in [2.45, 2.75) is 24.9 Å². The summed E-state index contributed by atoms with van der Waals surface area (Å²) < 4.78 is 43.2. The lowest BCUT2D eigenvalue weighted by Crippen LogP contribution is -2.14. The summed E-state index contributed by atoms with van der Waals surface area (Å²) in [5, 5.41) is 8.89. The van der Waals surface area contributed by atoms with Crippen LogP contribution in [-0.4, -0.2) is 23.2 Å². The zero-order valence-corrected chi connectivity index (χ0v) is 9.41. The molecule has 0 saturated heterocycles. The third-order valence-electron chi connectivity index (χ3n) is 2.71. The molecule has 98 valence electrons. The number of nitrogens with zero attached hydrogens (tertiary/aromatic N) is 1. The van der Waals surface area contributed by atoms with Crippen molar-refractivity contribution < 1.29 is 27.8 Å². The molecule has 18 heavy (non-hydrogen) atoms. The minimum absolute atomic E-state index is 0.194. The molecule has 1 aliphatic carbocycles. The van der Waals surface area contributed by atoms with Crippen molar-refractivity contribution in [3.8, 4) is 5.75 Å². The summed E-state index contributed by atoms with van der Waals surface area (Å²) in [5.41, 5.74) is -1.58. The van der Waals surface area contributed by atoms with Gasteiger partial charge in [0.15, 0.2) is 11.4 Å². The molecule has 0 unspecified atom stereocenters. The fourth-order valence-electron chi connectivity index (χ4n) is 1.71. The van der Waals surface area contributed by atoms with E-state index in [1.54, 1.807) is 0 Å². The smallest absolute Gasteiger partial charge is 0.418 e. The Morgan fingerprint density at radius 1 is 1.50 bits per heavy atom. The molecule has 0 bridgehead atoms. The Kier molecular flexibility index (Phi) is 2.92. The van der Waals surface area contributed by atoms with E-state index >= 15 is 0 Å². The fourth-order valence-corrected chi connectivity index (χ4v) is 1.71. The standard InChI is InChI=1S/C11H10F3NO3/c1-18-7-4-6(11(12,13)14)8(5-2-3-5)15-9(7)10(16)17/h4-5H,2-3H2,1H3,(H,16,17). The third kappa shape index (κ3) is 2.25. The molecule has 4 nitrogen and oxygen atoms in total. The summed E-state index contributed by atoms with van der Waals surface area (Å²) in [6.45, 7) is 0. The molecule has 0 aliphatic heterocycles. The first-order valence-electron chi connectivity index (χ1n) is 5.24. The van der Waals surface area contributed by atoms with Gasteiger partial charge >= 0.3 is 12.1 Å². The molecule has 1 aromatic rings. The Bertz CT molecular complexity index is 495. The zero-order valence-electron chi connectivity index (χ0n) is 9.41. The van der Waals surface area contributed by atoms with E-state index in [-0.39, 0.29) is 17.4 Å². The first-order valence-corrected chi connectivity index (χ1v) is 5.24. The van der Waals surface area contributed by atoms with Crippen LogP contribution in [0.2, 0.25) is 0 Å². The molecule has 0 atom stereocenters. The zero-order chi connectivity index (χ0) is 13.5. The first-order chi connectivity index (χ1) is 8.34. The van der Waals surface area contributed by atoms with Crippen molar-refractivity contribution >= 4 is 5.97 Å². The molecule has 1 aromatic heterocycles. The van der Waals surface area contributed by atoms with Gasteiger partial charge in [0.1, 0.15) is 0 Å². The van der Waals surface area contributed by atoms with Crippen molar-refractivity contribution in [1.29, 1.82) is 0 Å². The molecule has 0 radical (unpaired) electrons. The van der Waals surface area contributed by atoms with Crippen LogP contribution in [0.15, 0.2) is 6.07 Å². The van der Waals surface area contributed by atoms with Gasteiger partial charge < -0.3 is 9.84 Å². The van der Waals surface area contributed by atoms with Gasteiger partial charge in [-0.3, -0.25) is 0 Å². The topological polar surface area (TPSA) is 59.4 Å². The van der Waals surface area contributed by atoms with Crippen LogP contribution in [0.4, 0.5) is 13.2 Å². The predicted molar refractivity (Wildman–Crippen MR) is 54.7 cm³/mol. The van der Waals surface area contributed by atoms with Crippen molar-refractivity contribution in [2.75, 3.05) is 7.11 Å². The molecular weight excluding hydrogens is 251 g/mol. The average molecular weight is 261 g/mol. The van der Waals surface area contributed by atoms with E-state index in [1.807, 2.05) is 0 Å². The molecule has 0 amide bonds. The maximum Gasteiger partial charge on any atom is 0.418 e. The van der Waals surface area contributed by atoms with Crippen LogP contribution in [-0.2, 0) is 6.18 Å². The number of rotatable bonds is 3. The molecule has 1 aliphatic rings. The number of methoxy groups -OCH3 is 1. The predicted octanol–water partition coefficient (Wildman–Crippen LogP) is 2.68. The second-order valence-corrected chi connectivity index (χ2v) is 4.05. The van der Waals surface area contributed by atoms with Gasteiger partial charge in [-0.15, -0.1) is 0 Å². The summed E-state index contributed by atoms with van der Waals surface area (Å²) in [5.74, 6) is -2.08. The highest BCUT2D eigenvalue weighted by Crippen LogP contribution is 2.46. The van der Waals surface area contributed by atoms with Crippen molar-refractivity contribution in [2.24, 2.45) is 0 Å². The van der Waals surface area contributed by atoms with E-state index in [0.717, 1.165) is 7.11 Å². The number of carboxylic acid groups (broad SMARTS) is 1. The van der Waals surface area contributed by atoms with Gasteiger partial charge in [0.05, 0.1) is 18.4 Å². The molecule has 1 heterocycles. The van der Waals surface area contributed by atoms with Crippen molar-refractivity contribution in [3.05, 3.63) is 23.0 Å². The number of halogens is 3. The van der Waals surface area contributed by atoms with Gasteiger partial charge in [-0.25, -0.2) is 9.78 Å². The van der Waals surface area contributed by atoms with Crippen LogP contribution in [0.25, 0.3) is 0 Å². The van der Waals surface area contributed by atoms with Crippen LogP contribution >= 0.6 is 0 Å². The Balaban J connectivity index is 2.62. The lowest BCUT2D eigenvalue weighted by atomic mass is 10.1. The minimum atomic E-state index is -4.56. The number of pyridine rings is 1. The van der Waals surface area contributed by atoms with Crippen molar-refractivity contribution in [3.63, 3.8) is 0 Å². The Labute approximate surface area is 100 Å². The molecule has 1 saturated carbocycles. The Morgan fingerprint density at radius 2 is 2.11 bits per heavy atom. The summed E-state index contributed by atoms with van der Waals surface area (Å²) in [4.78, 5) is 14.5. The highest BCUT2D eigenvalue weighted by molar-refractivity contribution is 5.88. The first kappa shape index (κ1) is 12.7. The van der Waals surface area contributed by atoms with Gasteiger partial charge in [-0.05, 0) is 18.9 Å². The molecule has 2 rings (SSSR count). The molecule has 0 spiro atoms. The number of alkyl halides is 3. The van der Waals surface area contributed by atoms with E-state index in [0.29, 0.717) is 18.9 Å². The Morgan fingerprint density at radius 3 is 2.50 bits per heavy atom. The second kappa shape index (κ2) is 4.15. The van der Waals surface area contributed by atoms with Gasteiger partial charge in [0, 0.05) is 5.92 Å². The van der Waals surface area contributed by atoms with E-state index in [4.69, 9.17) is 5.11 Å². The summed E-state index contributed by atoms with van der Waals surface area (Å²) in [6.07, 6.45) is -3.36. The quantitative estimate of drug-likeness (QED) is 0.908. The SMILES string of the molecule is COc1cc(C(F)(F)F)c(C2CC2)nc1C(=O)O. The molecule has 0 aromatic carbocycles. The van der Waals surface area contributed by atoms with Gasteiger partial charge in [-0.1, -0.05) is 0 Å². The minimum Gasteiger partial charge on any atom is -0.494 e. The number of aromatic carboxylic acids is 1. The lowest BCUT2D eigenvalue weighted by Gasteiger charge is -2.14. The van der Waals surface area contributed by atoms with Crippen LogP contribution in [0.1, 0.15) is 40.5 Å². The number of ether oxygens (including phenoxy) is 1. The highest BCUT2D eigenvalue weighted by atomic mass is 19.4. The number of hydrogen-bond donors (Lipinski definition) is 1. The summed E-state index contributed by atoms with van der Waals surface area (Å²) in [7, 11) is 1.11. The van der Waals surface area contributed by atoms with Crippen molar-refractivity contribution in [1.82, 2.24) is 4.98 Å². The summed E-state index contributed by atoms with van der Waals surface area (Å²) in [6, 6.07) is 0.712. The van der Waals surface area contributed by atoms with E-state index in [2.05, 4.69) is 9.72 Å². The number of carboxylic acids is 1. The highest BCUT2D eigenvalue weighted by Gasteiger charge is 2.41. The normalized spacial score (nSPS) is 15.6. The van der Waals surface area contributed by atoms with Crippen LogP contribution in [0.3, 0.4) is 0 Å². The number of aromatic nitrogens is 1. The Hall–Kier alpha value is -1.79. The van der Waals surface area contributed by atoms with Gasteiger partial charge in [-0.2, -0.15) is 13.2 Å². The number of hydrogen-bond acceptors (Lipinski definition) is 3. The lowest BCUT2D eigenvalue weighted by molar-refractivity contribution is -0.138. The van der Waals surface area contributed by atoms with Crippen LogP contribution < -0.4 is 4.74 Å². The summed E-state index contributed by atoms with van der Waals surface area (Å²) >= 11 is 0. The van der Waals surface area contributed by atoms with E-state index in [1.165, 1.54) is 0 Å². The molecule has 1 fully saturated rings. The monoisotopic (exact) mass is 261 g/mol. The molecular formula is C11H10F3NO3. The van der Waals surface area contributed by atoms with E-state index in [9.17, 15) is 18.0 Å². The van der Waals surface area contributed by atoms with Crippen LogP contribution in [0, 0.1) is 0 Å². The fraction of sp³-hybridized carbons (Fsp3) is 0.455. The average Bonchev–Trinajstić information content (AvgIpc) is 3.09. The van der Waals surface area contributed by atoms with Gasteiger partial charge in [0.25, 0.3) is 0 Å². The maximum absolute atomic E-state index is 12.8. The molecule has 7 heteroatoms. The second-order valence-electron chi connectivity index (χ2n) is 4.05. The maximum atomic E-state index is 12.8. The number of carbonyl (C=O) groups is 1. The van der Waals surface area contributed by atoms with E-state index < -0.39 is 23.4 Å². The third-order valence-corrected chi connectivity index (χ3v) is 2.71. The largest absolute Gasteiger partial charge is 0.494 e. The van der Waals surface area contributed by atoms with Crippen LogP contribution in [0.5, 0.6) is 5.75 Å². The van der Waals surface area contributed by atoms with Gasteiger partial charge in [0.2, 0.25) is 0 Å². The molecule has 1 N–H and O–H groups in total.